The van der Waals surface area contributed by atoms with Crippen molar-refractivity contribution in [2.45, 2.75) is 71.3 Å². The fourth-order valence-corrected chi connectivity index (χ4v) is 3.68. The molecule has 194 valence electrons. The maximum Gasteiger partial charge on any atom is 0.336 e. The number of esters is 2. The third kappa shape index (κ3) is 9.82. The summed E-state index contributed by atoms with van der Waals surface area (Å²) in [6.45, 7) is 12.5. The number of aliphatic hydroxyl groups excluding tert-OH is 1. The molecule has 0 spiro atoms. The molecule has 0 bridgehead atoms. The van der Waals surface area contributed by atoms with Crippen LogP contribution in [0.15, 0.2) is 72.8 Å². The second kappa shape index (κ2) is 15.0. The van der Waals surface area contributed by atoms with Gasteiger partial charge in [0.1, 0.15) is 13.2 Å². The molecule has 0 saturated carbocycles. The molecule has 0 saturated heterocycles. The summed E-state index contributed by atoms with van der Waals surface area (Å²) in [5, 5.41) is 9.55. The monoisotopic (exact) mass is 492 g/mol. The van der Waals surface area contributed by atoms with Crippen LogP contribution in [0, 0.1) is 0 Å². The standard InChI is InChI=1S/C31H40O5/c1-6-7-8-9-25-10-12-26(13-11-25)14-15-27-16-18-28(19-17-27)29(20-35-30(33)22(2)3)21-36-31(34)23(4)24(5)32/h10-13,16-19,24,29,32H,2,4,6-9,14-15,20-21H2,1,3,5H3. The third-order valence-corrected chi connectivity index (χ3v) is 6.19. The summed E-state index contributed by atoms with van der Waals surface area (Å²) in [5.74, 6) is -1.52. The molecular formula is C31H40O5. The van der Waals surface area contributed by atoms with Gasteiger partial charge in [0.2, 0.25) is 0 Å². The van der Waals surface area contributed by atoms with Crippen LogP contribution in [0.1, 0.15) is 68.2 Å². The molecule has 2 aromatic carbocycles. The highest BCUT2D eigenvalue weighted by atomic mass is 16.5. The summed E-state index contributed by atoms with van der Waals surface area (Å²) >= 11 is 0. The van der Waals surface area contributed by atoms with Gasteiger partial charge in [-0.25, -0.2) is 9.59 Å². The molecule has 36 heavy (non-hydrogen) atoms. The van der Waals surface area contributed by atoms with Crippen molar-refractivity contribution in [2.75, 3.05) is 13.2 Å². The number of carbonyl (C=O) groups is 2. The van der Waals surface area contributed by atoms with E-state index in [0.29, 0.717) is 5.57 Å². The molecule has 0 aliphatic carbocycles. The van der Waals surface area contributed by atoms with Crippen molar-refractivity contribution >= 4 is 11.9 Å². The van der Waals surface area contributed by atoms with Crippen LogP contribution in [0.3, 0.4) is 0 Å². The van der Waals surface area contributed by atoms with Gasteiger partial charge < -0.3 is 14.6 Å². The minimum Gasteiger partial charge on any atom is -0.462 e. The minimum atomic E-state index is -0.992. The first-order chi connectivity index (χ1) is 17.2. The zero-order chi connectivity index (χ0) is 26.5. The van der Waals surface area contributed by atoms with Crippen LogP contribution in [0.25, 0.3) is 0 Å². The molecular weight excluding hydrogens is 452 g/mol. The Morgan fingerprint density at radius 3 is 1.75 bits per heavy atom. The Balaban J connectivity index is 1.99. The van der Waals surface area contributed by atoms with Crippen LogP contribution in [-0.2, 0) is 38.3 Å². The lowest BCUT2D eigenvalue weighted by Crippen LogP contribution is -2.22. The first-order valence-corrected chi connectivity index (χ1v) is 12.7. The summed E-state index contributed by atoms with van der Waals surface area (Å²) < 4.78 is 10.7. The van der Waals surface area contributed by atoms with Gasteiger partial charge in [-0.1, -0.05) is 81.5 Å². The van der Waals surface area contributed by atoms with Gasteiger partial charge in [-0.15, -0.1) is 0 Å². The van der Waals surface area contributed by atoms with Crippen LogP contribution in [0.5, 0.6) is 0 Å². The van der Waals surface area contributed by atoms with E-state index in [-0.39, 0.29) is 24.7 Å². The molecule has 0 aliphatic heterocycles. The van der Waals surface area contributed by atoms with Crippen LogP contribution < -0.4 is 0 Å². The van der Waals surface area contributed by atoms with Gasteiger partial charge in [-0.2, -0.15) is 0 Å². The normalized spacial score (nSPS) is 12.4. The quantitative estimate of drug-likeness (QED) is 0.191. The summed E-state index contributed by atoms with van der Waals surface area (Å²) in [7, 11) is 0. The first-order valence-electron chi connectivity index (χ1n) is 12.7. The smallest absolute Gasteiger partial charge is 0.336 e. The Bertz CT molecular complexity index is 1000. The predicted molar refractivity (Wildman–Crippen MR) is 144 cm³/mol. The van der Waals surface area contributed by atoms with E-state index in [1.54, 1.807) is 6.92 Å². The Morgan fingerprint density at radius 1 is 0.806 bits per heavy atom. The highest BCUT2D eigenvalue weighted by molar-refractivity contribution is 5.88. The van der Waals surface area contributed by atoms with E-state index in [0.717, 1.165) is 24.8 Å². The SMILES string of the molecule is C=C(C)C(=O)OCC(COC(=O)C(=C)C(C)O)c1ccc(CCc2ccc(CCCCC)cc2)cc1. The summed E-state index contributed by atoms with van der Waals surface area (Å²) in [4.78, 5) is 24.0. The Kier molecular flexibility index (Phi) is 12.1. The maximum absolute atomic E-state index is 12.1. The second-order valence-corrected chi connectivity index (χ2v) is 9.39. The molecule has 0 aliphatic rings. The first kappa shape index (κ1) is 29.1. The molecule has 0 amide bonds. The second-order valence-electron chi connectivity index (χ2n) is 9.39. The fraction of sp³-hybridized carbons (Fsp3) is 0.419. The van der Waals surface area contributed by atoms with Gasteiger partial charge in [0.05, 0.1) is 17.6 Å². The van der Waals surface area contributed by atoms with Crippen LogP contribution in [-0.4, -0.2) is 36.4 Å². The number of ether oxygens (including phenoxy) is 2. The number of aliphatic hydroxyl groups is 1. The van der Waals surface area contributed by atoms with Gasteiger partial charge in [0, 0.05) is 5.57 Å². The van der Waals surface area contributed by atoms with Crippen molar-refractivity contribution in [3.63, 3.8) is 0 Å². The van der Waals surface area contributed by atoms with Gasteiger partial charge in [-0.3, -0.25) is 0 Å². The fourth-order valence-electron chi connectivity index (χ4n) is 3.68. The van der Waals surface area contributed by atoms with E-state index < -0.39 is 18.0 Å². The average molecular weight is 493 g/mol. The summed E-state index contributed by atoms with van der Waals surface area (Å²) in [6.07, 6.45) is 5.76. The number of hydrogen-bond acceptors (Lipinski definition) is 5. The van der Waals surface area contributed by atoms with Crippen molar-refractivity contribution in [1.82, 2.24) is 0 Å². The van der Waals surface area contributed by atoms with E-state index in [4.69, 9.17) is 9.47 Å². The van der Waals surface area contributed by atoms with E-state index in [1.165, 1.54) is 42.9 Å². The van der Waals surface area contributed by atoms with Crippen molar-refractivity contribution in [1.29, 1.82) is 0 Å². The van der Waals surface area contributed by atoms with E-state index >= 15 is 0 Å². The number of aryl methyl sites for hydroxylation is 3. The van der Waals surface area contributed by atoms with Crippen molar-refractivity contribution < 1.29 is 24.2 Å². The largest absolute Gasteiger partial charge is 0.462 e. The number of benzene rings is 2. The number of hydrogen-bond donors (Lipinski definition) is 1. The molecule has 0 heterocycles. The molecule has 0 fully saturated rings. The summed E-state index contributed by atoms with van der Waals surface area (Å²) in [6, 6.07) is 17.0. The molecule has 2 unspecified atom stereocenters. The Hall–Kier alpha value is -3.18. The zero-order valence-electron chi connectivity index (χ0n) is 21.9. The Morgan fingerprint density at radius 2 is 1.28 bits per heavy atom. The van der Waals surface area contributed by atoms with Crippen LogP contribution in [0.4, 0.5) is 0 Å². The molecule has 2 atom stereocenters. The highest BCUT2D eigenvalue weighted by Crippen LogP contribution is 2.20. The summed E-state index contributed by atoms with van der Waals surface area (Å²) in [5.41, 5.74) is 5.08. The van der Waals surface area contributed by atoms with E-state index in [2.05, 4.69) is 56.5 Å². The van der Waals surface area contributed by atoms with Crippen molar-refractivity contribution in [2.24, 2.45) is 0 Å². The molecule has 1 N–H and O–H groups in total. The molecule has 2 aromatic rings. The van der Waals surface area contributed by atoms with Gasteiger partial charge >= 0.3 is 11.9 Å². The van der Waals surface area contributed by atoms with Gasteiger partial charge in [0.25, 0.3) is 0 Å². The number of carbonyl (C=O) groups excluding carboxylic acids is 2. The highest BCUT2D eigenvalue weighted by Gasteiger charge is 2.20. The van der Waals surface area contributed by atoms with Crippen LogP contribution in [0.2, 0.25) is 0 Å². The lowest BCUT2D eigenvalue weighted by Gasteiger charge is -2.19. The topological polar surface area (TPSA) is 72.8 Å². The lowest BCUT2D eigenvalue weighted by molar-refractivity contribution is -0.143. The molecule has 5 nitrogen and oxygen atoms in total. The van der Waals surface area contributed by atoms with Crippen molar-refractivity contribution in [3.8, 4) is 0 Å². The molecule has 0 radical (unpaired) electrons. The van der Waals surface area contributed by atoms with Gasteiger partial charge in [0.15, 0.2) is 0 Å². The minimum absolute atomic E-state index is 0.00199. The molecule has 5 heteroatoms. The third-order valence-electron chi connectivity index (χ3n) is 6.19. The van der Waals surface area contributed by atoms with Gasteiger partial charge in [-0.05, 0) is 61.8 Å². The molecule has 0 aromatic heterocycles. The Labute approximate surface area is 215 Å². The van der Waals surface area contributed by atoms with E-state index in [9.17, 15) is 14.7 Å². The van der Waals surface area contributed by atoms with Crippen LogP contribution >= 0.6 is 0 Å². The lowest BCUT2D eigenvalue weighted by atomic mass is 9.97. The predicted octanol–water partition coefficient (Wildman–Crippen LogP) is 5.89. The van der Waals surface area contributed by atoms with E-state index in [1.807, 2.05) is 12.1 Å². The number of unbranched alkanes of at least 4 members (excludes halogenated alkanes) is 2. The van der Waals surface area contributed by atoms with Crippen molar-refractivity contribution in [3.05, 3.63) is 95.1 Å². The zero-order valence-corrected chi connectivity index (χ0v) is 21.9. The maximum atomic E-state index is 12.1. The molecule has 2 rings (SSSR count). The average Bonchev–Trinajstić information content (AvgIpc) is 2.87. The number of rotatable bonds is 15.